The summed E-state index contributed by atoms with van der Waals surface area (Å²) < 4.78 is 9.90. The van der Waals surface area contributed by atoms with E-state index in [-0.39, 0.29) is 12.5 Å². The van der Waals surface area contributed by atoms with Gasteiger partial charge in [-0.3, -0.25) is 9.59 Å². The highest BCUT2D eigenvalue weighted by molar-refractivity contribution is 7.99. The van der Waals surface area contributed by atoms with Crippen molar-refractivity contribution in [1.29, 1.82) is 0 Å². The lowest BCUT2D eigenvalue weighted by Gasteiger charge is -2.23. The van der Waals surface area contributed by atoms with Crippen molar-refractivity contribution in [3.63, 3.8) is 0 Å². The first-order valence-corrected chi connectivity index (χ1v) is 10.1. The maximum atomic E-state index is 12.5. The van der Waals surface area contributed by atoms with Gasteiger partial charge in [-0.15, -0.1) is 11.8 Å². The van der Waals surface area contributed by atoms with E-state index in [4.69, 9.17) is 9.47 Å². The number of nitrogens with zero attached hydrogens (tertiary/aromatic N) is 1. The quantitative estimate of drug-likeness (QED) is 0.483. The highest BCUT2D eigenvalue weighted by Crippen LogP contribution is 2.24. The SMILES string of the molecule is CCOC(=O)[C@H]1O[C@@H]1C(=O)N[C@@H](CCSC)C(=O)N1CCSC1. The first kappa shape index (κ1) is 18.4. The number of carbonyl (C=O) groups is 3. The standard InChI is InChI=1S/C14H22N2O5S2/c1-3-20-14(19)11-10(21-11)12(17)15-9(4-6-22-2)13(18)16-5-7-23-8-16/h9-11H,3-8H2,1-2H3,(H,15,17)/t9-,10-,11-/m0/s1. The maximum Gasteiger partial charge on any atom is 0.338 e. The first-order chi connectivity index (χ1) is 11.1. The van der Waals surface area contributed by atoms with Gasteiger partial charge in [0.05, 0.1) is 12.5 Å². The van der Waals surface area contributed by atoms with Gasteiger partial charge in [0.2, 0.25) is 5.91 Å². The van der Waals surface area contributed by atoms with E-state index in [0.717, 1.165) is 11.5 Å². The van der Waals surface area contributed by atoms with E-state index >= 15 is 0 Å². The third-order valence-electron chi connectivity index (χ3n) is 3.56. The Hall–Kier alpha value is -0.930. The van der Waals surface area contributed by atoms with Crippen molar-refractivity contribution in [3.8, 4) is 0 Å². The minimum atomic E-state index is -0.841. The van der Waals surface area contributed by atoms with Gasteiger partial charge in [-0.25, -0.2) is 4.79 Å². The average Bonchev–Trinajstić information content (AvgIpc) is 3.17. The molecule has 2 aliphatic heterocycles. The average molecular weight is 362 g/mol. The van der Waals surface area contributed by atoms with Crippen LogP contribution in [-0.2, 0) is 23.9 Å². The van der Waals surface area contributed by atoms with Crippen LogP contribution in [-0.4, -0.2) is 77.7 Å². The van der Waals surface area contributed by atoms with Crippen LogP contribution >= 0.6 is 23.5 Å². The van der Waals surface area contributed by atoms with Crippen LogP contribution < -0.4 is 5.32 Å². The Kier molecular flexibility index (Phi) is 7.04. The molecule has 7 nitrogen and oxygen atoms in total. The van der Waals surface area contributed by atoms with Gasteiger partial charge in [0.1, 0.15) is 6.04 Å². The molecule has 2 saturated heterocycles. The lowest BCUT2D eigenvalue weighted by Crippen LogP contribution is -2.49. The predicted octanol–water partition coefficient (Wildman–Crippen LogP) is 0.0877. The van der Waals surface area contributed by atoms with Gasteiger partial charge in [-0.05, 0) is 25.4 Å². The second-order valence-electron chi connectivity index (χ2n) is 5.21. The molecule has 1 N–H and O–H groups in total. The van der Waals surface area contributed by atoms with Crippen molar-refractivity contribution in [3.05, 3.63) is 0 Å². The van der Waals surface area contributed by atoms with E-state index in [0.29, 0.717) is 18.8 Å². The van der Waals surface area contributed by atoms with Crippen molar-refractivity contribution in [2.45, 2.75) is 31.6 Å². The predicted molar refractivity (Wildman–Crippen MR) is 89.3 cm³/mol. The molecular formula is C14H22N2O5S2. The Morgan fingerprint density at radius 1 is 1.43 bits per heavy atom. The zero-order valence-electron chi connectivity index (χ0n) is 13.3. The monoisotopic (exact) mass is 362 g/mol. The van der Waals surface area contributed by atoms with Crippen molar-refractivity contribution >= 4 is 41.3 Å². The minimum Gasteiger partial charge on any atom is -0.464 e. The number of hydrogen-bond acceptors (Lipinski definition) is 7. The summed E-state index contributed by atoms with van der Waals surface area (Å²) in [6.45, 7) is 2.65. The summed E-state index contributed by atoms with van der Waals surface area (Å²) in [5.74, 6) is 1.34. The molecule has 3 atom stereocenters. The van der Waals surface area contributed by atoms with E-state index in [9.17, 15) is 14.4 Å². The Balaban J connectivity index is 1.88. The third-order valence-corrected chi connectivity index (χ3v) is 5.17. The molecule has 0 unspecified atom stereocenters. The Morgan fingerprint density at radius 3 is 2.83 bits per heavy atom. The fourth-order valence-corrected chi connectivity index (χ4v) is 3.70. The molecule has 130 valence electrons. The lowest BCUT2D eigenvalue weighted by molar-refractivity contribution is -0.144. The van der Waals surface area contributed by atoms with Gasteiger partial charge in [0.15, 0.2) is 12.2 Å². The van der Waals surface area contributed by atoms with Crippen molar-refractivity contribution < 1.29 is 23.9 Å². The van der Waals surface area contributed by atoms with E-state index in [1.165, 1.54) is 0 Å². The van der Waals surface area contributed by atoms with Crippen molar-refractivity contribution in [1.82, 2.24) is 10.2 Å². The number of esters is 1. The van der Waals surface area contributed by atoms with Crippen LogP contribution in [0.15, 0.2) is 0 Å². The van der Waals surface area contributed by atoms with Crippen LogP contribution in [0.5, 0.6) is 0 Å². The molecule has 2 amide bonds. The van der Waals surface area contributed by atoms with Gasteiger partial charge in [0, 0.05) is 12.3 Å². The molecule has 0 aromatic carbocycles. The zero-order chi connectivity index (χ0) is 16.8. The number of thioether (sulfide) groups is 2. The van der Waals surface area contributed by atoms with Crippen molar-refractivity contribution in [2.75, 3.05) is 36.8 Å². The summed E-state index contributed by atoms with van der Waals surface area (Å²) in [4.78, 5) is 38.0. The smallest absolute Gasteiger partial charge is 0.338 e. The maximum absolute atomic E-state index is 12.5. The van der Waals surface area contributed by atoms with Crippen LogP contribution in [0.1, 0.15) is 13.3 Å². The number of hydrogen-bond donors (Lipinski definition) is 1. The Labute approximate surface area is 144 Å². The van der Waals surface area contributed by atoms with E-state index < -0.39 is 30.1 Å². The molecule has 0 aromatic rings. The number of ether oxygens (including phenoxy) is 2. The fourth-order valence-electron chi connectivity index (χ4n) is 2.27. The van der Waals surface area contributed by atoms with Crippen molar-refractivity contribution in [2.24, 2.45) is 0 Å². The topological polar surface area (TPSA) is 88.2 Å². The van der Waals surface area contributed by atoms with Gasteiger partial charge in [0.25, 0.3) is 5.91 Å². The minimum absolute atomic E-state index is 0.0641. The van der Waals surface area contributed by atoms with E-state index in [2.05, 4.69) is 5.32 Å². The molecule has 0 aliphatic carbocycles. The second kappa shape index (κ2) is 8.79. The summed E-state index contributed by atoms with van der Waals surface area (Å²) in [6.07, 6.45) is 0.833. The summed E-state index contributed by atoms with van der Waals surface area (Å²) in [5.41, 5.74) is 0. The molecule has 0 radical (unpaired) electrons. The summed E-state index contributed by atoms with van der Waals surface area (Å²) in [7, 11) is 0. The summed E-state index contributed by atoms with van der Waals surface area (Å²) >= 11 is 3.32. The fraction of sp³-hybridized carbons (Fsp3) is 0.786. The molecule has 2 fully saturated rings. The molecule has 0 saturated carbocycles. The van der Waals surface area contributed by atoms with Gasteiger partial charge < -0.3 is 19.7 Å². The van der Waals surface area contributed by atoms with E-state index in [1.807, 2.05) is 6.26 Å². The summed E-state index contributed by atoms with van der Waals surface area (Å²) in [6, 6.07) is -0.569. The molecule has 0 aromatic heterocycles. The second-order valence-corrected chi connectivity index (χ2v) is 7.27. The van der Waals surface area contributed by atoms with Gasteiger partial charge in [-0.1, -0.05) is 0 Å². The molecule has 9 heteroatoms. The third kappa shape index (κ3) is 5.02. The number of amides is 2. The number of epoxide rings is 1. The highest BCUT2D eigenvalue weighted by Gasteiger charge is 2.52. The van der Waals surface area contributed by atoms with Crippen LogP contribution in [0.25, 0.3) is 0 Å². The first-order valence-electron chi connectivity index (χ1n) is 7.56. The van der Waals surface area contributed by atoms with E-state index in [1.54, 1.807) is 35.3 Å². The Bertz CT molecular complexity index is 456. The van der Waals surface area contributed by atoms with Crippen LogP contribution in [0.4, 0.5) is 0 Å². The molecule has 2 aliphatic rings. The number of carbonyl (C=O) groups excluding carboxylic acids is 3. The molecule has 0 spiro atoms. The summed E-state index contributed by atoms with van der Waals surface area (Å²) in [5, 5.41) is 2.73. The normalized spacial score (nSPS) is 24.2. The highest BCUT2D eigenvalue weighted by atomic mass is 32.2. The zero-order valence-corrected chi connectivity index (χ0v) is 14.9. The van der Waals surface area contributed by atoms with Crippen LogP contribution in [0, 0.1) is 0 Å². The van der Waals surface area contributed by atoms with Gasteiger partial charge in [-0.2, -0.15) is 11.8 Å². The molecule has 23 heavy (non-hydrogen) atoms. The molecule has 2 heterocycles. The molecular weight excluding hydrogens is 340 g/mol. The molecule has 0 bridgehead atoms. The van der Waals surface area contributed by atoms with Crippen LogP contribution in [0.2, 0.25) is 0 Å². The van der Waals surface area contributed by atoms with Gasteiger partial charge >= 0.3 is 5.97 Å². The largest absolute Gasteiger partial charge is 0.464 e. The molecule has 2 rings (SSSR count). The van der Waals surface area contributed by atoms with Crippen LogP contribution in [0.3, 0.4) is 0 Å². The lowest BCUT2D eigenvalue weighted by atomic mass is 10.1. The number of nitrogens with one attached hydrogen (secondary N) is 1. The number of rotatable bonds is 8. The Morgan fingerprint density at radius 2 is 2.22 bits per heavy atom.